The van der Waals surface area contributed by atoms with E-state index in [1.807, 2.05) is 37.3 Å². The van der Waals surface area contributed by atoms with Crippen molar-refractivity contribution in [1.29, 1.82) is 5.26 Å². The number of hydrogen-bond donors (Lipinski definition) is 1. The number of nitrogens with zero attached hydrogens (tertiary/aromatic N) is 2. The Morgan fingerprint density at radius 1 is 1.21 bits per heavy atom. The zero-order chi connectivity index (χ0) is 17.5. The van der Waals surface area contributed by atoms with Crippen molar-refractivity contribution >= 4 is 11.7 Å². The molecule has 2 rings (SSSR count). The highest BCUT2D eigenvalue weighted by atomic mass is 16.2. The van der Waals surface area contributed by atoms with E-state index in [4.69, 9.17) is 0 Å². The molecule has 1 N–H and O–H groups in total. The molecule has 5 nitrogen and oxygen atoms in total. The Kier molecular flexibility index (Phi) is 5.80. The number of nitrogens with one attached hydrogen (secondary N) is 1. The molecule has 1 heterocycles. The summed E-state index contributed by atoms with van der Waals surface area (Å²) in [6.07, 6.45) is 0.741. The van der Waals surface area contributed by atoms with E-state index in [1.54, 1.807) is 25.1 Å². The van der Waals surface area contributed by atoms with Crippen LogP contribution in [0.1, 0.15) is 29.4 Å². The molecule has 2 aromatic rings. The molecule has 0 aliphatic carbocycles. The second-order valence-corrected chi connectivity index (χ2v) is 5.41. The largest absolute Gasteiger partial charge is 0.355 e. The molecule has 0 radical (unpaired) electrons. The number of hydrogen-bond acceptors (Lipinski definition) is 4. The number of rotatable bonds is 6. The molecule has 1 unspecified atom stereocenters. The summed E-state index contributed by atoms with van der Waals surface area (Å²) in [5.74, 6) is -2.42. The third-order valence-electron chi connectivity index (χ3n) is 3.62. The molecule has 0 bridgehead atoms. The summed E-state index contributed by atoms with van der Waals surface area (Å²) in [4.78, 5) is 28.9. The van der Waals surface area contributed by atoms with Crippen LogP contribution in [0.15, 0.2) is 42.5 Å². The lowest BCUT2D eigenvalue weighted by Gasteiger charge is -2.11. The molecule has 1 aromatic heterocycles. The van der Waals surface area contributed by atoms with Crippen molar-refractivity contribution < 1.29 is 9.59 Å². The normalized spacial score (nSPS) is 11.4. The van der Waals surface area contributed by atoms with Gasteiger partial charge in [0.2, 0.25) is 5.91 Å². The van der Waals surface area contributed by atoms with Crippen molar-refractivity contribution in [2.45, 2.75) is 20.3 Å². The molecular formula is C19H19N3O2. The van der Waals surface area contributed by atoms with Gasteiger partial charge in [-0.1, -0.05) is 37.3 Å². The third-order valence-corrected chi connectivity index (χ3v) is 3.62. The molecule has 1 atom stereocenters. The molecule has 5 heteroatoms. The Hall–Kier alpha value is -3.00. The third kappa shape index (κ3) is 3.85. The number of carbonyl (C=O) groups is 2. The van der Waals surface area contributed by atoms with Crippen molar-refractivity contribution in [3.05, 3.63) is 53.7 Å². The average molecular weight is 321 g/mol. The first kappa shape index (κ1) is 17.4. The van der Waals surface area contributed by atoms with Crippen LogP contribution in [0.25, 0.3) is 11.3 Å². The smallest absolute Gasteiger partial charge is 0.245 e. The van der Waals surface area contributed by atoms with E-state index in [9.17, 15) is 14.9 Å². The van der Waals surface area contributed by atoms with Gasteiger partial charge in [0.1, 0.15) is 0 Å². The second-order valence-electron chi connectivity index (χ2n) is 5.41. The van der Waals surface area contributed by atoms with Gasteiger partial charge >= 0.3 is 0 Å². The predicted molar refractivity (Wildman–Crippen MR) is 91.1 cm³/mol. The summed E-state index contributed by atoms with van der Waals surface area (Å²) in [6, 6.07) is 14.8. The first-order valence-electron chi connectivity index (χ1n) is 7.83. The van der Waals surface area contributed by atoms with Crippen LogP contribution in [0.5, 0.6) is 0 Å². The Bertz CT molecular complexity index is 779. The molecule has 24 heavy (non-hydrogen) atoms. The standard InChI is InChI=1S/C19H19N3O2/c1-3-11-21-19(24)16(12-20)18(23)15-9-10-17(22-13(15)2)14-7-5-4-6-8-14/h4-10,16H,3,11H2,1-2H3,(H,21,24). The lowest BCUT2D eigenvalue weighted by atomic mass is 9.96. The number of pyridine rings is 1. The summed E-state index contributed by atoms with van der Waals surface area (Å²) < 4.78 is 0. The molecule has 1 aromatic carbocycles. The van der Waals surface area contributed by atoms with Crippen LogP contribution in [-0.4, -0.2) is 23.2 Å². The maximum absolute atomic E-state index is 12.5. The maximum Gasteiger partial charge on any atom is 0.245 e. The zero-order valence-electron chi connectivity index (χ0n) is 13.7. The summed E-state index contributed by atoms with van der Waals surface area (Å²) in [6.45, 7) is 4.05. The van der Waals surface area contributed by atoms with Gasteiger partial charge in [0.15, 0.2) is 11.7 Å². The van der Waals surface area contributed by atoms with Gasteiger partial charge in [-0.05, 0) is 25.5 Å². The minimum Gasteiger partial charge on any atom is -0.355 e. The molecule has 0 aliphatic rings. The lowest BCUT2D eigenvalue weighted by molar-refractivity contribution is -0.122. The van der Waals surface area contributed by atoms with E-state index in [-0.39, 0.29) is 0 Å². The summed E-state index contributed by atoms with van der Waals surface area (Å²) in [5.41, 5.74) is 2.49. The van der Waals surface area contributed by atoms with Crippen molar-refractivity contribution in [1.82, 2.24) is 10.3 Å². The number of aromatic nitrogens is 1. The van der Waals surface area contributed by atoms with Gasteiger partial charge in [0.25, 0.3) is 0 Å². The quantitative estimate of drug-likeness (QED) is 0.655. The molecule has 0 saturated carbocycles. The van der Waals surface area contributed by atoms with E-state index >= 15 is 0 Å². The number of aryl methyl sites for hydroxylation is 1. The Morgan fingerprint density at radius 2 is 1.92 bits per heavy atom. The summed E-state index contributed by atoms with van der Waals surface area (Å²) >= 11 is 0. The fourth-order valence-electron chi connectivity index (χ4n) is 2.33. The first-order valence-corrected chi connectivity index (χ1v) is 7.83. The maximum atomic E-state index is 12.5. The van der Waals surface area contributed by atoms with E-state index in [2.05, 4.69) is 10.3 Å². The molecule has 122 valence electrons. The molecule has 0 saturated heterocycles. The number of ketones is 1. The molecular weight excluding hydrogens is 302 g/mol. The topological polar surface area (TPSA) is 82.9 Å². The van der Waals surface area contributed by atoms with E-state index in [1.165, 1.54) is 0 Å². The zero-order valence-corrected chi connectivity index (χ0v) is 13.7. The monoisotopic (exact) mass is 321 g/mol. The van der Waals surface area contributed by atoms with E-state index in [0.29, 0.717) is 17.8 Å². The average Bonchev–Trinajstić information content (AvgIpc) is 2.61. The highest BCUT2D eigenvalue weighted by Crippen LogP contribution is 2.20. The van der Waals surface area contributed by atoms with Crippen LogP contribution in [0, 0.1) is 24.2 Å². The number of Topliss-reactive ketones (excluding diaryl/α,β-unsaturated/α-hetero) is 1. The van der Waals surface area contributed by atoms with Gasteiger partial charge in [-0.15, -0.1) is 0 Å². The van der Waals surface area contributed by atoms with Crippen LogP contribution >= 0.6 is 0 Å². The summed E-state index contributed by atoms with van der Waals surface area (Å²) in [7, 11) is 0. The van der Waals surface area contributed by atoms with Crippen LogP contribution < -0.4 is 5.32 Å². The van der Waals surface area contributed by atoms with Gasteiger partial charge in [0, 0.05) is 23.4 Å². The highest BCUT2D eigenvalue weighted by molar-refractivity contribution is 6.12. The lowest BCUT2D eigenvalue weighted by Crippen LogP contribution is -2.35. The van der Waals surface area contributed by atoms with Crippen LogP contribution in [0.4, 0.5) is 0 Å². The molecule has 0 fully saturated rings. The SMILES string of the molecule is CCCNC(=O)C(C#N)C(=O)c1ccc(-c2ccccc2)nc1C. The Balaban J connectivity index is 2.27. The number of amides is 1. The van der Waals surface area contributed by atoms with Gasteiger partial charge in [0.05, 0.1) is 11.8 Å². The van der Waals surface area contributed by atoms with Crippen LogP contribution in [0.3, 0.4) is 0 Å². The molecule has 0 aliphatic heterocycles. The summed E-state index contributed by atoms with van der Waals surface area (Å²) in [5, 5.41) is 11.8. The van der Waals surface area contributed by atoms with Crippen molar-refractivity contribution in [2.75, 3.05) is 6.54 Å². The Morgan fingerprint density at radius 3 is 2.50 bits per heavy atom. The van der Waals surface area contributed by atoms with Gasteiger partial charge in [-0.3, -0.25) is 14.6 Å². The highest BCUT2D eigenvalue weighted by Gasteiger charge is 2.28. The number of nitriles is 1. The van der Waals surface area contributed by atoms with E-state index < -0.39 is 17.6 Å². The Labute approximate surface area is 141 Å². The van der Waals surface area contributed by atoms with Crippen molar-refractivity contribution in [2.24, 2.45) is 5.92 Å². The van der Waals surface area contributed by atoms with E-state index in [0.717, 1.165) is 17.7 Å². The van der Waals surface area contributed by atoms with Gasteiger partial charge in [-0.2, -0.15) is 5.26 Å². The van der Waals surface area contributed by atoms with Gasteiger partial charge in [-0.25, -0.2) is 0 Å². The van der Waals surface area contributed by atoms with Crippen molar-refractivity contribution in [3.63, 3.8) is 0 Å². The molecule has 1 amide bonds. The van der Waals surface area contributed by atoms with Crippen LogP contribution in [-0.2, 0) is 4.79 Å². The minimum absolute atomic E-state index is 0.299. The predicted octanol–water partition coefficient (Wildman–Crippen LogP) is 2.91. The number of benzene rings is 1. The number of carbonyl (C=O) groups excluding carboxylic acids is 2. The fourth-order valence-corrected chi connectivity index (χ4v) is 2.33. The van der Waals surface area contributed by atoms with Gasteiger partial charge < -0.3 is 5.32 Å². The van der Waals surface area contributed by atoms with Crippen molar-refractivity contribution in [3.8, 4) is 17.3 Å². The van der Waals surface area contributed by atoms with Crippen LogP contribution in [0.2, 0.25) is 0 Å². The second kappa shape index (κ2) is 8.02. The minimum atomic E-state index is -1.35. The first-order chi connectivity index (χ1) is 11.6. The fraction of sp³-hybridized carbons (Fsp3) is 0.263. The molecule has 0 spiro atoms.